The first-order valence-corrected chi connectivity index (χ1v) is 6.04. The molecule has 1 amide bonds. The Hall–Kier alpha value is -0.570. The molecule has 0 aromatic rings. The van der Waals surface area contributed by atoms with Crippen molar-refractivity contribution in [2.24, 2.45) is 5.92 Å². The molecule has 0 aliphatic heterocycles. The van der Waals surface area contributed by atoms with Gasteiger partial charge in [0.15, 0.2) is 0 Å². The van der Waals surface area contributed by atoms with Gasteiger partial charge in [-0.25, -0.2) is 0 Å². The lowest BCUT2D eigenvalue weighted by atomic mass is 9.99. The van der Waals surface area contributed by atoms with Crippen molar-refractivity contribution in [1.82, 2.24) is 10.2 Å². The van der Waals surface area contributed by atoms with Crippen molar-refractivity contribution in [1.29, 1.82) is 0 Å². The van der Waals surface area contributed by atoms with E-state index < -0.39 is 0 Å². The molecule has 0 heterocycles. The van der Waals surface area contributed by atoms with Crippen LogP contribution in [0.25, 0.3) is 0 Å². The summed E-state index contributed by atoms with van der Waals surface area (Å²) < 4.78 is 0. The van der Waals surface area contributed by atoms with Crippen LogP contribution in [-0.2, 0) is 4.79 Å². The van der Waals surface area contributed by atoms with E-state index in [2.05, 4.69) is 19.2 Å². The van der Waals surface area contributed by atoms with E-state index >= 15 is 0 Å². The van der Waals surface area contributed by atoms with Crippen LogP contribution < -0.4 is 5.32 Å². The molecule has 0 aromatic carbocycles. The maximum Gasteiger partial charge on any atom is 0.236 e. The maximum atomic E-state index is 11.8. The first kappa shape index (κ1) is 12.5. The molecule has 1 aliphatic rings. The molecular weight excluding hydrogens is 188 g/mol. The van der Waals surface area contributed by atoms with E-state index in [1.54, 1.807) is 0 Å². The second kappa shape index (κ2) is 4.97. The van der Waals surface area contributed by atoms with E-state index in [0.717, 1.165) is 19.0 Å². The molecule has 0 radical (unpaired) electrons. The minimum absolute atomic E-state index is 0.128. The number of amides is 1. The highest BCUT2D eigenvalue weighted by molar-refractivity contribution is 5.78. The molecule has 0 atom stereocenters. The summed E-state index contributed by atoms with van der Waals surface area (Å²) in [6, 6.07) is 0. The number of hydrogen-bond donors (Lipinski definition) is 1. The molecule has 3 heteroatoms. The molecule has 1 fully saturated rings. The summed E-state index contributed by atoms with van der Waals surface area (Å²) in [5.41, 5.74) is 0.128. The van der Waals surface area contributed by atoms with Crippen LogP contribution in [0.1, 0.15) is 40.5 Å². The Morgan fingerprint density at radius 2 is 1.87 bits per heavy atom. The van der Waals surface area contributed by atoms with E-state index in [1.165, 1.54) is 12.8 Å². The lowest BCUT2D eigenvalue weighted by molar-refractivity contribution is -0.130. The molecule has 1 saturated carbocycles. The van der Waals surface area contributed by atoms with E-state index in [0.29, 0.717) is 6.54 Å². The molecule has 1 aliphatic carbocycles. The van der Waals surface area contributed by atoms with E-state index in [1.807, 2.05) is 18.7 Å². The third-order valence-electron chi connectivity index (χ3n) is 3.41. The molecule has 0 spiro atoms. The first-order chi connectivity index (χ1) is 7.01. The van der Waals surface area contributed by atoms with Crippen molar-refractivity contribution >= 4 is 5.91 Å². The van der Waals surface area contributed by atoms with Crippen molar-refractivity contribution < 1.29 is 4.79 Å². The van der Waals surface area contributed by atoms with Crippen LogP contribution in [-0.4, -0.2) is 36.0 Å². The fourth-order valence-electron chi connectivity index (χ4n) is 1.94. The fourth-order valence-corrected chi connectivity index (χ4v) is 1.94. The van der Waals surface area contributed by atoms with Crippen LogP contribution in [0, 0.1) is 5.92 Å². The fraction of sp³-hybridized carbons (Fsp3) is 0.917. The highest BCUT2D eigenvalue weighted by Gasteiger charge is 2.37. The highest BCUT2D eigenvalue weighted by atomic mass is 16.2. The van der Waals surface area contributed by atoms with Gasteiger partial charge in [0.2, 0.25) is 5.91 Å². The Kier molecular flexibility index (Phi) is 4.14. The molecule has 0 aromatic heterocycles. The normalized spacial score (nSPS) is 16.5. The largest absolute Gasteiger partial charge is 0.342 e. The smallest absolute Gasteiger partial charge is 0.236 e. The lowest BCUT2D eigenvalue weighted by Gasteiger charge is -2.28. The Labute approximate surface area is 93.2 Å². The summed E-state index contributed by atoms with van der Waals surface area (Å²) in [4.78, 5) is 13.6. The van der Waals surface area contributed by atoms with Gasteiger partial charge in [-0.05, 0) is 46.5 Å². The van der Waals surface area contributed by atoms with Gasteiger partial charge in [-0.15, -0.1) is 0 Å². The second-order valence-corrected chi connectivity index (χ2v) is 4.92. The highest BCUT2D eigenvalue weighted by Crippen LogP contribution is 2.38. The number of nitrogens with zero attached hydrogens (tertiary/aromatic N) is 1. The topological polar surface area (TPSA) is 32.3 Å². The number of carbonyl (C=O) groups excluding carboxylic acids is 1. The zero-order valence-corrected chi connectivity index (χ0v) is 10.5. The van der Waals surface area contributed by atoms with Crippen LogP contribution in [0.3, 0.4) is 0 Å². The number of nitrogens with one attached hydrogen (secondary N) is 1. The zero-order chi connectivity index (χ0) is 11.5. The van der Waals surface area contributed by atoms with Crippen LogP contribution in [0.2, 0.25) is 0 Å². The van der Waals surface area contributed by atoms with Gasteiger partial charge in [0.05, 0.1) is 6.54 Å². The zero-order valence-electron chi connectivity index (χ0n) is 10.5. The Bertz CT molecular complexity index is 218. The van der Waals surface area contributed by atoms with Gasteiger partial charge in [0.25, 0.3) is 0 Å². The van der Waals surface area contributed by atoms with Crippen LogP contribution in [0.4, 0.5) is 0 Å². The second-order valence-electron chi connectivity index (χ2n) is 4.92. The third-order valence-corrected chi connectivity index (χ3v) is 3.41. The summed E-state index contributed by atoms with van der Waals surface area (Å²) in [7, 11) is 0. The molecule has 88 valence electrons. The van der Waals surface area contributed by atoms with E-state index in [4.69, 9.17) is 0 Å². The van der Waals surface area contributed by atoms with Crippen LogP contribution in [0.15, 0.2) is 0 Å². The van der Waals surface area contributed by atoms with Gasteiger partial charge in [0, 0.05) is 18.6 Å². The number of rotatable bonds is 6. The van der Waals surface area contributed by atoms with Gasteiger partial charge >= 0.3 is 0 Å². The Morgan fingerprint density at radius 3 is 2.27 bits per heavy atom. The standard InChI is InChI=1S/C12H24N2O/c1-5-14(6-2)11(15)9-13-12(3,4)10-7-8-10/h10,13H,5-9H2,1-4H3. The molecule has 1 rings (SSSR count). The van der Waals surface area contributed by atoms with Gasteiger partial charge in [0.1, 0.15) is 0 Å². The van der Waals surface area contributed by atoms with Gasteiger partial charge in [-0.2, -0.15) is 0 Å². The van der Waals surface area contributed by atoms with Gasteiger partial charge in [-0.1, -0.05) is 0 Å². The molecule has 0 saturated heterocycles. The van der Waals surface area contributed by atoms with Crippen molar-refractivity contribution in [2.45, 2.75) is 46.1 Å². The maximum absolute atomic E-state index is 11.8. The predicted octanol–water partition coefficient (Wildman–Crippen LogP) is 1.63. The molecule has 0 bridgehead atoms. The van der Waals surface area contributed by atoms with Gasteiger partial charge < -0.3 is 10.2 Å². The lowest BCUT2D eigenvalue weighted by Crippen LogP contribution is -2.47. The minimum atomic E-state index is 0.128. The predicted molar refractivity (Wildman–Crippen MR) is 62.7 cm³/mol. The molecule has 0 unspecified atom stereocenters. The van der Waals surface area contributed by atoms with Crippen LogP contribution >= 0.6 is 0 Å². The summed E-state index contributed by atoms with van der Waals surface area (Å²) in [6.07, 6.45) is 2.61. The summed E-state index contributed by atoms with van der Waals surface area (Å²) >= 11 is 0. The summed E-state index contributed by atoms with van der Waals surface area (Å²) in [6.45, 7) is 10.5. The Morgan fingerprint density at radius 1 is 1.33 bits per heavy atom. The van der Waals surface area contributed by atoms with Crippen molar-refractivity contribution in [3.05, 3.63) is 0 Å². The van der Waals surface area contributed by atoms with Crippen molar-refractivity contribution in [3.8, 4) is 0 Å². The number of likely N-dealkylation sites (N-methyl/N-ethyl adjacent to an activating group) is 1. The third kappa shape index (κ3) is 3.49. The quantitative estimate of drug-likeness (QED) is 0.726. The molecular formula is C12H24N2O. The summed E-state index contributed by atoms with van der Waals surface area (Å²) in [5, 5.41) is 3.38. The Balaban J connectivity index is 2.32. The molecule has 15 heavy (non-hydrogen) atoms. The molecule has 3 nitrogen and oxygen atoms in total. The first-order valence-electron chi connectivity index (χ1n) is 6.04. The van der Waals surface area contributed by atoms with E-state index in [-0.39, 0.29) is 11.4 Å². The number of hydrogen-bond acceptors (Lipinski definition) is 2. The average molecular weight is 212 g/mol. The van der Waals surface area contributed by atoms with E-state index in [9.17, 15) is 4.79 Å². The monoisotopic (exact) mass is 212 g/mol. The minimum Gasteiger partial charge on any atom is -0.342 e. The van der Waals surface area contributed by atoms with Crippen LogP contribution in [0.5, 0.6) is 0 Å². The summed E-state index contributed by atoms with van der Waals surface area (Å²) in [5.74, 6) is 0.982. The average Bonchev–Trinajstić information content (AvgIpc) is 3.00. The SMILES string of the molecule is CCN(CC)C(=O)CNC(C)(C)C1CC1. The van der Waals surface area contributed by atoms with Crippen molar-refractivity contribution in [3.63, 3.8) is 0 Å². The molecule has 1 N–H and O–H groups in total. The number of carbonyl (C=O) groups is 1. The van der Waals surface area contributed by atoms with Gasteiger partial charge in [-0.3, -0.25) is 4.79 Å². The van der Waals surface area contributed by atoms with Crippen molar-refractivity contribution in [2.75, 3.05) is 19.6 Å².